The summed E-state index contributed by atoms with van der Waals surface area (Å²) < 4.78 is 5.48. The molecule has 2 aromatic carbocycles. The monoisotopic (exact) mass is 254 g/mol. The number of para-hydroxylation sites is 1. The second-order valence-electron chi connectivity index (χ2n) is 4.83. The second kappa shape index (κ2) is 3.90. The third-order valence-electron chi connectivity index (χ3n) is 3.62. The molecule has 96 valence electrons. The van der Waals surface area contributed by atoms with E-state index < -0.39 is 6.29 Å². The Morgan fingerprint density at radius 3 is 2.79 bits per heavy atom. The molecule has 4 heteroatoms. The van der Waals surface area contributed by atoms with Crippen LogP contribution in [0.15, 0.2) is 48.5 Å². The number of aliphatic hydroxyl groups excluding tert-OH is 1. The van der Waals surface area contributed by atoms with Crippen LogP contribution in [0, 0.1) is 0 Å². The van der Waals surface area contributed by atoms with Crippen molar-refractivity contribution in [2.45, 2.75) is 12.5 Å². The van der Waals surface area contributed by atoms with E-state index in [4.69, 9.17) is 4.74 Å². The van der Waals surface area contributed by atoms with Crippen LogP contribution >= 0.6 is 0 Å². The van der Waals surface area contributed by atoms with E-state index >= 15 is 0 Å². The van der Waals surface area contributed by atoms with Crippen molar-refractivity contribution in [2.24, 2.45) is 0 Å². The Hall–Kier alpha value is -2.20. The molecule has 19 heavy (non-hydrogen) atoms. The Morgan fingerprint density at radius 2 is 1.95 bits per heavy atom. The Bertz CT molecular complexity index is 615. The first-order valence-corrected chi connectivity index (χ1v) is 6.39. The van der Waals surface area contributed by atoms with Crippen LogP contribution in [0.3, 0.4) is 0 Å². The third-order valence-corrected chi connectivity index (χ3v) is 3.62. The molecular formula is C15H14N2O2. The highest BCUT2D eigenvalue weighted by Crippen LogP contribution is 2.48. The maximum atomic E-state index is 9.85. The first-order valence-electron chi connectivity index (χ1n) is 6.39. The normalized spacial score (nSPS) is 23.5. The zero-order valence-corrected chi connectivity index (χ0v) is 10.3. The minimum absolute atomic E-state index is 0.0518. The molecule has 4 rings (SSSR count). The Kier molecular flexibility index (Phi) is 2.19. The highest BCUT2D eigenvalue weighted by Gasteiger charge is 2.37. The van der Waals surface area contributed by atoms with Crippen molar-refractivity contribution in [1.82, 2.24) is 0 Å². The van der Waals surface area contributed by atoms with E-state index in [-0.39, 0.29) is 6.17 Å². The molecular weight excluding hydrogens is 240 g/mol. The topological polar surface area (TPSA) is 44.7 Å². The van der Waals surface area contributed by atoms with Gasteiger partial charge in [0, 0.05) is 0 Å². The molecule has 0 saturated carbocycles. The van der Waals surface area contributed by atoms with Crippen LogP contribution in [0.5, 0.6) is 5.75 Å². The second-order valence-corrected chi connectivity index (χ2v) is 4.83. The number of anilines is 2. The summed E-state index contributed by atoms with van der Waals surface area (Å²) in [5, 5.41) is 13.3. The van der Waals surface area contributed by atoms with Gasteiger partial charge in [0.05, 0.1) is 12.2 Å². The molecule has 0 radical (unpaired) electrons. The predicted octanol–water partition coefficient (Wildman–Crippen LogP) is 2.33. The Morgan fingerprint density at radius 1 is 1.11 bits per heavy atom. The Balaban J connectivity index is 1.82. The molecule has 2 heterocycles. The molecule has 4 nitrogen and oxygen atoms in total. The average Bonchev–Trinajstić information content (AvgIpc) is 2.80. The molecule has 2 aliphatic rings. The van der Waals surface area contributed by atoms with Gasteiger partial charge in [-0.3, -0.25) is 0 Å². The fourth-order valence-electron chi connectivity index (χ4n) is 2.83. The molecule has 0 amide bonds. The van der Waals surface area contributed by atoms with Gasteiger partial charge in [-0.25, -0.2) is 0 Å². The van der Waals surface area contributed by atoms with Crippen LogP contribution in [0.25, 0.3) is 0 Å². The summed E-state index contributed by atoms with van der Waals surface area (Å²) in [6.45, 7) is 0.469. The molecule has 0 saturated heterocycles. The highest BCUT2D eigenvalue weighted by atomic mass is 16.6. The van der Waals surface area contributed by atoms with Gasteiger partial charge < -0.3 is 20.1 Å². The molecule has 2 unspecified atom stereocenters. The van der Waals surface area contributed by atoms with Gasteiger partial charge in [-0.1, -0.05) is 36.4 Å². The minimum atomic E-state index is -0.783. The molecule has 2 aliphatic heterocycles. The number of nitrogens with one attached hydrogen (secondary N) is 1. The summed E-state index contributed by atoms with van der Waals surface area (Å²) in [5.74, 6) is 0.738. The molecule has 0 spiro atoms. The number of rotatable bonds is 1. The van der Waals surface area contributed by atoms with E-state index in [0.717, 1.165) is 17.1 Å². The number of hydrogen-bond acceptors (Lipinski definition) is 4. The summed E-state index contributed by atoms with van der Waals surface area (Å²) in [7, 11) is 0. The molecule has 2 aromatic rings. The first kappa shape index (κ1) is 10.7. The standard InChI is InChI=1S/C15H14N2O2/c18-13-9-17-14-11(7-4-8-12(14)19-13)16-15(17)10-5-2-1-3-6-10/h1-8,13,15-16,18H,9H2. The largest absolute Gasteiger partial charge is 0.461 e. The summed E-state index contributed by atoms with van der Waals surface area (Å²) >= 11 is 0. The van der Waals surface area contributed by atoms with Gasteiger partial charge >= 0.3 is 0 Å². The summed E-state index contributed by atoms with van der Waals surface area (Å²) in [6, 6.07) is 16.1. The van der Waals surface area contributed by atoms with E-state index in [1.807, 2.05) is 36.4 Å². The predicted molar refractivity (Wildman–Crippen MR) is 73.2 cm³/mol. The zero-order valence-electron chi connectivity index (χ0n) is 10.3. The van der Waals surface area contributed by atoms with Gasteiger partial charge in [0.15, 0.2) is 0 Å². The lowest BCUT2D eigenvalue weighted by Gasteiger charge is -2.34. The van der Waals surface area contributed by atoms with E-state index in [9.17, 15) is 5.11 Å². The van der Waals surface area contributed by atoms with Crippen molar-refractivity contribution >= 4 is 11.4 Å². The van der Waals surface area contributed by atoms with Gasteiger partial charge in [0.2, 0.25) is 6.29 Å². The van der Waals surface area contributed by atoms with Crippen LogP contribution in [-0.2, 0) is 0 Å². The third kappa shape index (κ3) is 1.57. The van der Waals surface area contributed by atoms with Crippen LogP contribution in [0.2, 0.25) is 0 Å². The van der Waals surface area contributed by atoms with Crippen molar-refractivity contribution in [3.63, 3.8) is 0 Å². The van der Waals surface area contributed by atoms with Crippen molar-refractivity contribution in [3.05, 3.63) is 54.1 Å². The van der Waals surface area contributed by atoms with Gasteiger partial charge in [-0.05, 0) is 17.7 Å². The lowest BCUT2D eigenvalue weighted by molar-refractivity contribution is -0.0170. The number of aliphatic hydroxyl groups is 1. The average molecular weight is 254 g/mol. The van der Waals surface area contributed by atoms with Gasteiger partial charge in [-0.2, -0.15) is 0 Å². The van der Waals surface area contributed by atoms with E-state index in [1.54, 1.807) is 0 Å². The quantitative estimate of drug-likeness (QED) is 0.820. The van der Waals surface area contributed by atoms with Crippen LogP contribution in [0.4, 0.5) is 11.4 Å². The van der Waals surface area contributed by atoms with Gasteiger partial charge in [0.25, 0.3) is 0 Å². The van der Waals surface area contributed by atoms with E-state index in [2.05, 4.69) is 22.3 Å². The van der Waals surface area contributed by atoms with Crippen LogP contribution in [0.1, 0.15) is 11.7 Å². The zero-order chi connectivity index (χ0) is 12.8. The lowest BCUT2D eigenvalue weighted by Crippen LogP contribution is -2.40. The van der Waals surface area contributed by atoms with E-state index in [0.29, 0.717) is 6.54 Å². The first-order chi connectivity index (χ1) is 9.33. The SMILES string of the molecule is OC1CN2c3c(cccc3O1)NC2c1ccccc1. The molecule has 0 fully saturated rings. The number of ether oxygens (including phenoxy) is 1. The van der Waals surface area contributed by atoms with Gasteiger partial charge in [-0.15, -0.1) is 0 Å². The van der Waals surface area contributed by atoms with Crippen molar-refractivity contribution in [2.75, 3.05) is 16.8 Å². The fraction of sp³-hybridized carbons (Fsp3) is 0.200. The molecule has 0 bridgehead atoms. The molecule has 0 aliphatic carbocycles. The smallest absolute Gasteiger partial charge is 0.215 e. The molecule has 2 atom stereocenters. The molecule has 2 N–H and O–H groups in total. The maximum absolute atomic E-state index is 9.85. The van der Waals surface area contributed by atoms with Crippen LogP contribution in [-0.4, -0.2) is 17.9 Å². The summed E-state index contributed by atoms with van der Waals surface area (Å²) in [6.07, 6.45) is -0.732. The minimum Gasteiger partial charge on any atom is -0.461 e. The molecule has 0 aromatic heterocycles. The van der Waals surface area contributed by atoms with E-state index in [1.165, 1.54) is 5.56 Å². The Labute approximate surface area is 111 Å². The van der Waals surface area contributed by atoms with Crippen molar-refractivity contribution in [1.29, 1.82) is 0 Å². The maximum Gasteiger partial charge on any atom is 0.215 e. The summed E-state index contributed by atoms with van der Waals surface area (Å²) in [4.78, 5) is 2.16. The number of benzene rings is 2. The number of nitrogens with zero attached hydrogens (tertiary/aromatic N) is 1. The number of hydrogen-bond donors (Lipinski definition) is 2. The van der Waals surface area contributed by atoms with Crippen molar-refractivity contribution in [3.8, 4) is 5.75 Å². The lowest BCUT2D eigenvalue weighted by atomic mass is 10.1. The summed E-state index contributed by atoms with van der Waals surface area (Å²) in [5.41, 5.74) is 3.28. The van der Waals surface area contributed by atoms with Crippen molar-refractivity contribution < 1.29 is 9.84 Å². The van der Waals surface area contributed by atoms with Gasteiger partial charge in [0.1, 0.15) is 17.6 Å². The van der Waals surface area contributed by atoms with Crippen LogP contribution < -0.4 is 15.0 Å². The fourth-order valence-corrected chi connectivity index (χ4v) is 2.83. The highest BCUT2D eigenvalue weighted by molar-refractivity contribution is 5.83.